The zero-order valence-corrected chi connectivity index (χ0v) is 10.2. The number of carbonyl (C=O) groups is 1. The molecule has 0 saturated carbocycles. The summed E-state index contributed by atoms with van der Waals surface area (Å²) in [6.45, 7) is 1.95. The summed E-state index contributed by atoms with van der Waals surface area (Å²) < 4.78 is 0. The number of anilines is 1. The molecule has 1 aromatic heterocycles. The molecule has 1 unspecified atom stereocenters. The van der Waals surface area contributed by atoms with E-state index in [4.69, 9.17) is 28.9 Å². The van der Waals surface area contributed by atoms with Crippen LogP contribution < -0.4 is 11.1 Å². The zero-order valence-electron chi connectivity index (χ0n) is 8.70. The highest BCUT2D eigenvalue weighted by molar-refractivity contribution is 6.42. The van der Waals surface area contributed by atoms with Gasteiger partial charge in [-0.05, 0) is 6.42 Å². The molecule has 16 heavy (non-hydrogen) atoms. The lowest BCUT2D eigenvalue weighted by molar-refractivity contribution is -0.117. The number of nitrogens with one attached hydrogen (secondary N) is 1. The van der Waals surface area contributed by atoms with Crippen molar-refractivity contribution in [2.24, 2.45) is 5.73 Å². The minimum atomic E-state index is -0.574. The molecule has 0 radical (unpaired) electrons. The average Bonchev–Trinajstić information content (AvgIpc) is 2.25. The summed E-state index contributed by atoms with van der Waals surface area (Å²) in [5.74, 6) is -0.156. The smallest absolute Gasteiger partial charge is 0.242 e. The van der Waals surface area contributed by atoms with Crippen molar-refractivity contribution in [2.75, 3.05) is 5.32 Å². The second kappa shape index (κ2) is 5.98. The molecule has 1 rings (SSSR count). The largest absolute Gasteiger partial charge is 0.320 e. The summed E-state index contributed by atoms with van der Waals surface area (Å²) in [5, 5.41) is 2.71. The van der Waals surface area contributed by atoms with Crippen molar-refractivity contribution in [1.29, 1.82) is 0 Å². The van der Waals surface area contributed by atoms with Crippen LogP contribution in [0.3, 0.4) is 0 Å². The summed E-state index contributed by atoms with van der Waals surface area (Å²) in [5.41, 5.74) is 5.63. The lowest BCUT2D eigenvalue weighted by atomic mass is 10.2. The maximum Gasteiger partial charge on any atom is 0.242 e. The molecule has 0 aromatic carbocycles. The lowest BCUT2D eigenvalue weighted by Gasteiger charge is -2.11. The molecule has 1 aromatic rings. The highest BCUT2D eigenvalue weighted by Crippen LogP contribution is 2.25. The molecule has 5 nitrogen and oxygen atoms in total. The van der Waals surface area contributed by atoms with Crippen LogP contribution >= 0.6 is 23.2 Å². The van der Waals surface area contributed by atoms with Crippen molar-refractivity contribution in [1.82, 2.24) is 9.97 Å². The van der Waals surface area contributed by atoms with Crippen LogP contribution in [0.5, 0.6) is 0 Å². The molecule has 0 bridgehead atoms. The van der Waals surface area contributed by atoms with Crippen LogP contribution in [0.2, 0.25) is 10.2 Å². The van der Waals surface area contributed by atoms with Gasteiger partial charge in [-0.1, -0.05) is 36.5 Å². The van der Waals surface area contributed by atoms with Crippen LogP contribution in [-0.4, -0.2) is 21.9 Å². The molecule has 7 heteroatoms. The molecule has 3 N–H and O–H groups in total. The Morgan fingerprint density at radius 1 is 1.56 bits per heavy atom. The Labute approximate surface area is 103 Å². The van der Waals surface area contributed by atoms with Gasteiger partial charge in [-0.25, -0.2) is 9.97 Å². The number of hydrogen-bond acceptors (Lipinski definition) is 4. The maximum absolute atomic E-state index is 11.6. The third kappa shape index (κ3) is 3.30. The van der Waals surface area contributed by atoms with Crippen LogP contribution in [0.15, 0.2) is 6.33 Å². The number of halogens is 2. The highest BCUT2D eigenvalue weighted by Gasteiger charge is 2.15. The molecular weight excluding hydrogens is 251 g/mol. The predicted molar refractivity (Wildman–Crippen MR) is 63.6 cm³/mol. The number of nitrogens with zero attached hydrogens (tertiary/aromatic N) is 2. The van der Waals surface area contributed by atoms with E-state index < -0.39 is 6.04 Å². The van der Waals surface area contributed by atoms with Gasteiger partial charge in [-0.3, -0.25) is 4.79 Å². The van der Waals surface area contributed by atoms with E-state index in [1.807, 2.05) is 6.92 Å². The molecule has 0 saturated heterocycles. The predicted octanol–water partition coefficient (Wildman–Crippen LogP) is 1.85. The molecular formula is C9H12Cl2N4O. The quantitative estimate of drug-likeness (QED) is 0.812. The number of hydrogen-bond donors (Lipinski definition) is 2. The first-order chi connectivity index (χ1) is 7.56. The van der Waals surface area contributed by atoms with Gasteiger partial charge in [0.2, 0.25) is 5.91 Å². The van der Waals surface area contributed by atoms with Gasteiger partial charge in [0.15, 0.2) is 11.0 Å². The second-order valence-corrected chi connectivity index (χ2v) is 3.95. The van der Waals surface area contributed by atoms with Crippen molar-refractivity contribution >= 4 is 34.9 Å². The summed E-state index contributed by atoms with van der Waals surface area (Å²) in [6.07, 6.45) is 2.64. The van der Waals surface area contributed by atoms with Crippen molar-refractivity contribution in [3.8, 4) is 0 Å². The summed E-state index contributed by atoms with van der Waals surface area (Å²) >= 11 is 11.5. The van der Waals surface area contributed by atoms with Gasteiger partial charge in [-0.15, -0.1) is 0 Å². The van der Waals surface area contributed by atoms with Gasteiger partial charge in [0, 0.05) is 0 Å². The van der Waals surface area contributed by atoms with Crippen LogP contribution in [0.1, 0.15) is 19.8 Å². The fourth-order valence-electron chi connectivity index (χ4n) is 1.09. The molecule has 0 aliphatic carbocycles. The molecule has 88 valence electrons. The molecule has 0 spiro atoms. The van der Waals surface area contributed by atoms with E-state index >= 15 is 0 Å². The number of carbonyl (C=O) groups excluding carboxylic acids is 1. The zero-order chi connectivity index (χ0) is 12.1. The lowest BCUT2D eigenvalue weighted by Crippen LogP contribution is -2.35. The number of rotatable bonds is 4. The molecule has 1 atom stereocenters. The third-order valence-electron chi connectivity index (χ3n) is 1.92. The van der Waals surface area contributed by atoms with Gasteiger partial charge >= 0.3 is 0 Å². The molecule has 0 aliphatic heterocycles. The summed E-state index contributed by atoms with van der Waals surface area (Å²) in [6, 6.07) is -0.574. The average molecular weight is 263 g/mol. The molecule has 0 fully saturated rings. The van der Waals surface area contributed by atoms with Crippen molar-refractivity contribution in [2.45, 2.75) is 25.8 Å². The van der Waals surface area contributed by atoms with Gasteiger partial charge in [0.05, 0.1) is 6.04 Å². The normalized spacial score (nSPS) is 12.2. The van der Waals surface area contributed by atoms with Gasteiger partial charge in [-0.2, -0.15) is 0 Å². The van der Waals surface area contributed by atoms with Gasteiger partial charge < -0.3 is 11.1 Å². The van der Waals surface area contributed by atoms with E-state index in [-0.39, 0.29) is 21.9 Å². The standard InChI is InChI=1S/C9H12Cl2N4O/c1-2-3-5(12)9(16)15-8-6(10)7(11)13-4-14-8/h4-5H,2-3,12H2,1H3,(H,13,14,15,16). The van der Waals surface area contributed by atoms with E-state index in [0.717, 1.165) is 6.42 Å². The second-order valence-electron chi connectivity index (χ2n) is 3.21. The first kappa shape index (κ1) is 13.2. The van der Waals surface area contributed by atoms with E-state index in [1.165, 1.54) is 6.33 Å². The van der Waals surface area contributed by atoms with E-state index in [1.54, 1.807) is 0 Å². The highest BCUT2D eigenvalue weighted by atomic mass is 35.5. The van der Waals surface area contributed by atoms with E-state index in [2.05, 4.69) is 15.3 Å². The van der Waals surface area contributed by atoms with Gasteiger partial charge in [0.25, 0.3) is 0 Å². The molecule has 1 amide bonds. The van der Waals surface area contributed by atoms with Crippen LogP contribution in [-0.2, 0) is 4.79 Å². The van der Waals surface area contributed by atoms with Crippen molar-refractivity contribution in [3.05, 3.63) is 16.5 Å². The van der Waals surface area contributed by atoms with E-state index in [0.29, 0.717) is 6.42 Å². The Morgan fingerprint density at radius 2 is 2.25 bits per heavy atom. The third-order valence-corrected chi connectivity index (χ3v) is 2.67. The summed E-state index contributed by atoms with van der Waals surface area (Å²) in [7, 11) is 0. The fraction of sp³-hybridized carbons (Fsp3) is 0.444. The fourth-order valence-corrected chi connectivity index (χ4v) is 1.36. The Balaban J connectivity index is 2.73. The monoisotopic (exact) mass is 262 g/mol. The first-order valence-electron chi connectivity index (χ1n) is 4.78. The van der Waals surface area contributed by atoms with Crippen LogP contribution in [0.4, 0.5) is 5.82 Å². The minimum absolute atomic E-state index is 0.0935. The topological polar surface area (TPSA) is 80.9 Å². The minimum Gasteiger partial charge on any atom is -0.320 e. The van der Waals surface area contributed by atoms with Crippen molar-refractivity contribution in [3.63, 3.8) is 0 Å². The SMILES string of the molecule is CCCC(N)C(=O)Nc1ncnc(Cl)c1Cl. The van der Waals surface area contributed by atoms with Crippen molar-refractivity contribution < 1.29 is 4.79 Å². The van der Waals surface area contributed by atoms with Gasteiger partial charge in [0.1, 0.15) is 11.3 Å². The maximum atomic E-state index is 11.6. The number of nitrogens with two attached hydrogens (primary N) is 1. The Morgan fingerprint density at radius 3 is 2.88 bits per heavy atom. The number of amides is 1. The van der Waals surface area contributed by atoms with E-state index in [9.17, 15) is 4.79 Å². The Hall–Kier alpha value is -0.910. The van der Waals surface area contributed by atoms with Crippen LogP contribution in [0.25, 0.3) is 0 Å². The molecule has 0 aliphatic rings. The summed E-state index contributed by atoms with van der Waals surface area (Å²) in [4.78, 5) is 19.0. The van der Waals surface area contributed by atoms with Crippen LogP contribution in [0, 0.1) is 0 Å². The molecule has 1 heterocycles. The Kier molecular flexibility index (Phi) is 4.92. The number of aromatic nitrogens is 2. The Bertz CT molecular complexity index is 386. The first-order valence-corrected chi connectivity index (χ1v) is 5.54.